The van der Waals surface area contributed by atoms with Crippen LogP contribution in [-0.4, -0.2) is 21.0 Å². The predicted molar refractivity (Wildman–Crippen MR) is 119 cm³/mol. The van der Waals surface area contributed by atoms with E-state index in [4.69, 9.17) is 5.11 Å². The summed E-state index contributed by atoms with van der Waals surface area (Å²) in [6.45, 7) is 0. The van der Waals surface area contributed by atoms with Crippen molar-refractivity contribution in [2.45, 2.75) is 44.2 Å². The van der Waals surface area contributed by atoms with Crippen molar-refractivity contribution in [3.05, 3.63) is 72.2 Å². The summed E-state index contributed by atoms with van der Waals surface area (Å²) < 4.78 is 37.9. The Hall–Kier alpha value is -3.42. The standard InChI is InChI=1S/C25H24F3N3O2/c26-25(27,28)23-12-10-21(15-30-23)31-20-9-11-22(29-14-20)19-7-5-18(6-8-19)17-3-1-16(2-4-17)13-24(32)33/h5-12,14-17,31H,1-4,13H2,(H,32,33)/t16-,17-. The van der Waals surface area contributed by atoms with Gasteiger partial charge in [0.1, 0.15) is 5.69 Å². The molecule has 0 radical (unpaired) electrons. The third-order valence-electron chi connectivity index (χ3n) is 6.09. The number of pyridine rings is 2. The minimum Gasteiger partial charge on any atom is -0.481 e. The molecule has 0 atom stereocenters. The number of anilines is 2. The highest BCUT2D eigenvalue weighted by atomic mass is 19.4. The molecule has 0 bridgehead atoms. The minimum atomic E-state index is -4.46. The van der Waals surface area contributed by atoms with Gasteiger partial charge in [0.25, 0.3) is 0 Å². The number of nitrogens with one attached hydrogen (secondary N) is 1. The number of hydrogen-bond acceptors (Lipinski definition) is 4. The summed E-state index contributed by atoms with van der Waals surface area (Å²) in [5, 5.41) is 12.0. The van der Waals surface area contributed by atoms with Crippen molar-refractivity contribution >= 4 is 17.3 Å². The zero-order valence-corrected chi connectivity index (χ0v) is 17.8. The lowest BCUT2D eigenvalue weighted by Crippen LogP contribution is -2.16. The highest BCUT2D eigenvalue weighted by Gasteiger charge is 2.32. The number of benzene rings is 1. The number of rotatable bonds is 6. The van der Waals surface area contributed by atoms with E-state index in [0.29, 0.717) is 17.3 Å². The molecular weight excluding hydrogens is 431 g/mol. The van der Waals surface area contributed by atoms with Crippen LogP contribution in [0.15, 0.2) is 60.9 Å². The van der Waals surface area contributed by atoms with Gasteiger partial charge in [0, 0.05) is 12.0 Å². The van der Waals surface area contributed by atoms with Crippen LogP contribution in [0.3, 0.4) is 0 Å². The van der Waals surface area contributed by atoms with Gasteiger partial charge in [-0.05, 0) is 67.3 Å². The Morgan fingerprint density at radius 2 is 1.55 bits per heavy atom. The van der Waals surface area contributed by atoms with E-state index in [0.717, 1.165) is 49.2 Å². The van der Waals surface area contributed by atoms with Gasteiger partial charge in [0.15, 0.2) is 0 Å². The van der Waals surface area contributed by atoms with E-state index < -0.39 is 17.8 Å². The number of hydrogen-bond donors (Lipinski definition) is 2. The Balaban J connectivity index is 1.36. The second-order valence-corrected chi connectivity index (χ2v) is 8.42. The van der Waals surface area contributed by atoms with E-state index in [1.54, 1.807) is 6.20 Å². The Bertz CT molecular complexity index is 1070. The van der Waals surface area contributed by atoms with Gasteiger partial charge in [0.05, 0.1) is 29.5 Å². The molecule has 5 nitrogen and oxygen atoms in total. The Kier molecular flexibility index (Phi) is 6.62. The summed E-state index contributed by atoms with van der Waals surface area (Å²) in [6, 6.07) is 14.2. The topological polar surface area (TPSA) is 75.1 Å². The van der Waals surface area contributed by atoms with Crippen LogP contribution in [0.5, 0.6) is 0 Å². The quantitative estimate of drug-likeness (QED) is 0.435. The van der Waals surface area contributed by atoms with Crippen LogP contribution >= 0.6 is 0 Å². The van der Waals surface area contributed by atoms with E-state index in [-0.39, 0.29) is 12.3 Å². The lowest BCUT2D eigenvalue weighted by atomic mass is 9.77. The molecule has 3 aromatic rings. The smallest absolute Gasteiger partial charge is 0.433 e. The van der Waals surface area contributed by atoms with Crippen molar-refractivity contribution in [3.8, 4) is 11.3 Å². The van der Waals surface area contributed by atoms with Gasteiger partial charge in [-0.3, -0.25) is 9.78 Å². The average Bonchev–Trinajstić information content (AvgIpc) is 2.80. The van der Waals surface area contributed by atoms with E-state index >= 15 is 0 Å². The molecule has 4 rings (SSSR count). The molecular formula is C25H24F3N3O2. The second-order valence-electron chi connectivity index (χ2n) is 8.42. The molecule has 1 saturated carbocycles. The van der Waals surface area contributed by atoms with Crippen molar-refractivity contribution in [2.75, 3.05) is 5.32 Å². The highest BCUT2D eigenvalue weighted by Crippen LogP contribution is 2.37. The van der Waals surface area contributed by atoms with Gasteiger partial charge in [-0.2, -0.15) is 13.2 Å². The van der Waals surface area contributed by atoms with Crippen molar-refractivity contribution in [2.24, 2.45) is 5.92 Å². The molecule has 0 amide bonds. The van der Waals surface area contributed by atoms with Gasteiger partial charge in [-0.25, -0.2) is 4.98 Å². The van der Waals surface area contributed by atoms with Gasteiger partial charge < -0.3 is 10.4 Å². The Morgan fingerprint density at radius 1 is 0.909 bits per heavy atom. The number of halogens is 3. The van der Waals surface area contributed by atoms with Crippen molar-refractivity contribution < 1.29 is 23.1 Å². The SMILES string of the molecule is O=C(O)C[C@H]1CC[C@H](c2ccc(-c3ccc(Nc4ccc(C(F)(F)F)nc4)cn3)cc2)CC1. The van der Waals surface area contributed by atoms with E-state index in [1.807, 2.05) is 24.3 Å². The molecule has 33 heavy (non-hydrogen) atoms. The first-order valence-electron chi connectivity index (χ1n) is 10.9. The number of carbonyl (C=O) groups is 1. The summed E-state index contributed by atoms with van der Waals surface area (Å²) in [5.74, 6) is 0.0289. The Morgan fingerprint density at radius 3 is 2.06 bits per heavy atom. The van der Waals surface area contributed by atoms with Crippen molar-refractivity contribution in [1.82, 2.24) is 9.97 Å². The molecule has 2 N–H and O–H groups in total. The largest absolute Gasteiger partial charge is 0.481 e. The van der Waals surface area contributed by atoms with Crippen LogP contribution < -0.4 is 5.32 Å². The average molecular weight is 455 g/mol. The number of nitrogens with zero attached hydrogens (tertiary/aromatic N) is 2. The molecule has 1 aliphatic carbocycles. The van der Waals surface area contributed by atoms with E-state index in [9.17, 15) is 18.0 Å². The van der Waals surface area contributed by atoms with Crippen LogP contribution in [0, 0.1) is 5.92 Å². The molecule has 2 aromatic heterocycles. The summed E-state index contributed by atoms with van der Waals surface area (Å²) in [4.78, 5) is 18.8. The third-order valence-corrected chi connectivity index (χ3v) is 6.09. The summed E-state index contributed by atoms with van der Waals surface area (Å²) in [6.07, 6.45) is 2.49. The van der Waals surface area contributed by atoms with Crippen LogP contribution in [0.1, 0.15) is 49.3 Å². The molecule has 8 heteroatoms. The van der Waals surface area contributed by atoms with E-state index in [2.05, 4.69) is 27.4 Å². The highest BCUT2D eigenvalue weighted by molar-refractivity contribution is 5.67. The fourth-order valence-corrected chi connectivity index (χ4v) is 4.31. The first-order chi connectivity index (χ1) is 15.8. The predicted octanol–water partition coefficient (Wildman–Crippen LogP) is 6.65. The van der Waals surface area contributed by atoms with Gasteiger partial charge >= 0.3 is 12.1 Å². The van der Waals surface area contributed by atoms with Crippen LogP contribution in [0.25, 0.3) is 11.3 Å². The van der Waals surface area contributed by atoms with Gasteiger partial charge in [-0.1, -0.05) is 24.3 Å². The molecule has 0 saturated heterocycles. The van der Waals surface area contributed by atoms with Crippen molar-refractivity contribution in [3.63, 3.8) is 0 Å². The first kappa shape index (κ1) is 22.8. The summed E-state index contributed by atoms with van der Waals surface area (Å²) in [5.41, 5.74) is 3.19. The lowest BCUT2D eigenvalue weighted by molar-refractivity contribution is -0.141. The fourth-order valence-electron chi connectivity index (χ4n) is 4.31. The number of aromatic nitrogens is 2. The molecule has 1 aliphatic rings. The monoisotopic (exact) mass is 455 g/mol. The van der Waals surface area contributed by atoms with Crippen LogP contribution in [0.4, 0.5) is 24.5 Å². The number of carboxylic acid groups (broad SMARTS) is 1. The molecule has 172 valence electrons. The lowest BCUT2D eigenvalue weighted by Gasteiger charge is -2.28. The van der Waals surface area contributed by atoms with Crippen molar-refractivity contribution in [1.29, 1.82) is 0 Å². The molecule has 1 fully saturated rings. The zero-order chi connectivity index (χ0) is 23.4. The zero-order valence-electron chi connectivity index (χ0n) is 17.8. The van der Waals surface area contributed by atoms with Crippen LogP contribution in [-0.2, 0) is 11.0 Å². The Labute approximate surface area is 189 Å². The van der Waals surface area contributed by atoms with E-state index in [1.165, 1.54) is 11.6 Å². The van der Waals surface area contributed by atoms with Gasteiger partial charge in [-0.15, -0.1) is 0 Å². The number of alkyl halides is 3. The summed E-state index contributed by atoms with van der Waals surface area (Å²) >= 11 is 0. The maximum absolute atomic E-state index is 12.6. The number of carboxylic acids is 1. The third kappa shape index (κ3) is 5.88. The van der Waals surface area contributed by atoms with Gasteiger partial charge in [0.2, 0.25) is 0 Å². The molecule has 2 heterocycles. The molecule has 0 unspecified atom stereocenters. The normalized spacial score (nSPS) is 18.6. The summed E-state index contributed by atoms with van der Waals surface area (Å²) in [7, 11) is 0. The number of aliphatic carboxylic acids is 1. The molecule has 1 aromatic carbocycles. The molecule has 0 spiro atoms. The van der Waals surface area contributed by atoms with Crippen LogP contribution in [0.2, 0.25) is 0 Å². The second kappa shape index (κ2) is 9.60. The maximum atomic E-state index is 12.6. The fraction of sp³-hybridized carbons (Fsp3) is 0.320. The maximum Gasteiger partial charge on any atom is 0.433 e. The minimum absolute atomic E-state index is 0.261. The first-order valence-corrected chi connectivity index (χ1v) is 10.9. The molecule has 0 aliphatic heterocycles.